The number of thiazole rings is 1. The van der Waals surface area contributed by atoms with E-state index < -0.39 is 10.0 Å². The van der Waals surface area contributed by atoms with Crippen LogP contribution in [0.3, 0.4) is 0 Å². The van der Waals surface area contributed by atoms with Crippen molar-refractivity contribution < 1.29 is 8.42 Å². The fourth-order valence-electron chi connectivity index (χ4n) is 1.77. The fraction of sp³-hybridized carbons (Fsp3) is 0.308. The Kier molecular flexibility index (Phi) is 4.74. The summed E-state index contributed by atoms with van der Waals surface area (Å²) in [5.41, 5.74) is 1.34. The van der Waals surface area contributed by atoms with Gasteiger partial charge in [0.25, 0.3) is 0 Å². The monoisotopic (exact) mass is 311 g/mol. The SMILES string of the molecule is CCNc1ccccc1S(=O)(=O)NCc1csc(C)n1. The number of nitrogens with one attached hydrogen (secondary N) is 2. The standard InChI is InChI=1S/C13H17N3O2S2/c1-3-14-12-6-4-5-7-13(12)20(17,18)15-8-11-9-19-10(2)16-11/h4-7,9,14-15H,3,8H2,1-2H3. The molecule has 2 aromatic rings. The van der Waals surface area contributed by atoms with E-state index in [-0.39, 0.29) is 11.4 Å². The van der Waals surface area contributed by atoms with E-state index in [4.69, 9.17) is 0 Å². The van der Waals surface area contributed by atoms with Crippen molar-refractivity contribution in [2.45, 2.75) is 25.3 Å². The quantitative estimate of drug-likeness (QED) is 0.859. The Morgan fingerprint density at radius 3 is 2.70 bits per heavy atom. The molecule has 0 spiro atoms. The highest BCUT2D eigenvalue weighted by atomic mass is 32.2. The summed E-state index contributed by atoms with van der Waals surface area (Å²) in [6.07, 6.45) is 0. The number of nitrogens with zero attached hydrogens (tertiary/aromatic N) is 1. The Hall–Kier alpha value is -1.44. The Labute approximate surface area is 123 Å². The highest BCUT2D eigenvalue weighted by Gasteiger charge is 2.17. The molecule has 0 saturated carbocycles. The number of rotatable bonds is 6. The molecule has 2 rings (SSSR count). The van der Waals surface area contributed by atoms with E-state index in [1.165, 1.54) is 11.3 Å². The Balaban J connectivity index is 2.18. The highest BCUT2D eigenvalue weighted by molar-refractivity contribution is 7.89. The number of para-hydroxylation sites is 1. The third kappa shape index (κ3) is 3.56. The molecule has 1 heterocycles. The number of hydrogen-bond donors (Lipinski definition) is 2. The van der Waals surface area contributed by atoms with Crippen LogP contribution in [0, 0.1) is 6.92 Å². The van der Waals surface area contributed by atoms with Gasteiger partial charge in [-0.3, -0.25) is 0 Å². The maximum Gasteiger partial charge on any atom is 0.242 e. The minimum absolute atomic E-state index is 0.202. The van der Waals surface area contributed by atoms with Crippen molar-refractivity contribution >= 4 is 27.0 Å². The van der Waals surface area contributed by atoms with Crippen LogP contribution >= 0.6 is 11.3 Å². The van der Waals surface area contributed by atoms with Gasteiger partial charge in [0.05, 0.1) is 22.9 Å². The first-order valence-electron chi connectivity index (χ1n) is 6.26. The van der Waals surface area contributed by atoms with Crippen LogP contribution in [0.1, 0.15) is 17.6 Å². The van der Waals surface area contributed by atoms with Gasteiger partial charge in [0.2, 0.25) is 10.0 Å². The molecule has 0 aliphatic heterocycles. The summed E-state index contributed by atoms with van der Waals surface area (Å²) in [6.45, 7) is 4.68. The summed E-state index contributed by atoms with van der Waals surface area (Å²) in [7, 11) is -3.55. The lowest BCUT2D eigenvalue weighted by molar-refractivity contribution is 0.581. The maximum atomic E-state index is 12.3. The molecule has 108 valence electrons. The predicted octanol–water partition coefficient (Wildman–Crippen LogP) is 2.36. The van der Waals surface area contributed by atoms with Crippen LogP contribution < -0.4 is 10.0 Å². The van der Waals surface area contributed by atoms with Crippen LogP contribution in [-0.2, 0) is 16.6 Å². The molecule has 2 N–H and O–H groups in total. The lowest BCUT2D eigenvalue weighted by Crippen LogP contribution is -2.24. The smallest absolute Gasteiger partial charge is 0.242 e. The predicted molar refractivity (Wildman–Crippen MR) is 81.5 cm³/mol. The summed E-state index contributed by atoms with van der Waals surface area (Å²) < 4.78 is 27.2. The molecule has 0 amide bonds. The molecule has 0 aliphatic rings. The zero-order chi connectivity index (χ0) is 14.6. The lowest BCUT2D eigenvalue weighted by atomic mass is 10.3. The van der Waals surface area contributed by atoms with Gasteiger partial charge in [-0.25, -0.2) is 18.1 Å². The number of hydrogen-bond acceptors (Lipinski definition) is 5. The zero-order valence-electron chi connectivity index (χ0n) is 11.4. The molecule has 1 aromatic heterocycles. The first-order chi connectivity index (χ1) is 9.53. The minimum atomic E-state index is -3.55. The van der Waals surface area contributed by atoms with Gasteiger partial charge < -0.3 is 5.32 Å². The van der Waals surface area contributed by atoms with E-state index in [0.29, 0.717) is 12.2 Å². The third-order valence-electron chi connectivity index (χ3n) is 2.65. The van der Waals surface area contributed by atoms with Crippen molar-refractivity contribution in [1.82, 2.24) is 9.71 Å². The molecule has 0 saturated heterocycles. The summed E-state index contributed by atoms with van der Waals surface area (Å²) in [6, 6.07) is 6.86. The van der Waals surface area contributed by atoms with Gasteiger partial charge in [0.15, 0.2) is 0 Å². The zero-order valence-corrected chi connectivity index (χ0v) is 13.0. The highest BCUT2D eigenvalue weighted by Crippen LogP contribution is 2.20. The number of aryl methyl sites for hydroxylation is 1. The summed E-state index contributed by atoms with van der Waals surface area (Å²) >= 11 is 1.50. The van der Waals surface area contributed by atoms with Gasteiger partial charge in [-0.1, -0.05) is 12.1 Å². The molecule has 0 radical (unpaired) electrons. The Bertz CT molecular complexity index is 680. The number of benzene rings is 1. The van der Waals surface area contributed by atoms with Crippen LogP contribution in [0.25, 0.3) is 0 Å². The molecule has 0 unspecified atom stereocenters. The molecule has 0 aliphatic carbocycles. The van der Waals surface area contributed by atoms with Gasteiger partial charge in [0, 0.05) is 11.9 Å². The van der Waals surface area contributed by atoms with Crippen LogP contribution in [0.2, 0.25) is 0 Å². The minimum Gasteiger partial charge on any atom is -0.384 e. The van der Waals surface area contributed by atoms with Crippen molar-refractivity contribution in [1.29, 1.82) is 0 Å². The second-order valence-electron chi connectivity index (χ2n) is 4.21. The molecule has 0 bridgehead atoms. The van der Waals surface area contributed by atoms with Gasteiger partial charge in [-0.2, -0.15) is 0 Å². The Morgan fingerprint density at radius 2 is 2.05 bits per heavy atom. The molecule has 20 heavy (non-hydrogen) atoms. The van der Waals surface area contributed by atoms with E-state index in [9.17, 15) is 8.42 Å². The van der Waals surface area contributed by atoms with Crippen LogP contribution in [-0.4, -0.2) is 19.9 Å². The van der Waals surface area contributed by atoms with Gasteiger partial charge in [-0.05, 0) is 26.0 Å². The maximum absolute atomic E-state index is 12.3. The number of aromatic nitrogens is 1. The van der Waals surface area contributed by atoms with E-state index >= 15 is 0 Å². The molecular formula is C13H17N3O2S2. The second kappa shape index (κ2) is 6.34. The average Bonchev–Trinajstić information content (AvgIpc) is 2.83. The topological polar surface area (TPSA) is 71.1 Å². The lowest BCUT2D eigenvalue weighted by Gasteiger charge is -2.11. The van der Waals surface area contributed by atoms with Crippen molar-refractivity contribution in [2.24, 2.45) is 0 Å². The van der Waals surface area contributed by atoms with Crippen molar-refractivity contribution in [3.63, 3.8) is 0 Å². The molecule has 1 aromatic carbocycles. The van der Waals surface area contributed by atoms with Crippen LogP contribution in [0.5, 0.6) is 0 Å². The third-order valence-corrected chi connectivity index (χ3v) is 4.94. The molecular weight excluding hydrogens is 294 g/mol. The molecule has 7 heteroatoms. The van der Waals surface area contributed by atoms with E-state index in [2.05, 4.69) is 15.0 Å². The normalized spacial score (nSPS) is 11.5. The van der Waals surface area contributed by atoms with Crippen molar-refractivity contribution in [3.8, 4) is 0 Å². The number of anilines is 1. The van der Waals surface area contributed by atoms with E-state index in [0.717, 1.165) is 10.7 Å². The fourth-order valence-corrected chi connectivity index (χ4v) is 3.57. The van der Waals surface area contributed by atoms with Gasteiger partial charge in [-0.15, -0.1) is 11.3 Å². The molecule has 0 fully saturated rings. The van der Waals surface area contributed by atoms with Crippen LogP contribution in [0.15, 0.2) is 34.5 Å². The summed E-state index contributed by atoms with van der Waals surface area (Å²) in [5, 5.41) is 5.83. The average molecular weight is 311 g/mol. The van der Waals surface area contributed by atoms with Crippen molar-refractivity contribution in [2.75, 3.05) is 11.9 Å². The first kappa shape index (κ1) is 15.0. The van der Waals surface area contributed by atoms with Crippen molar-refractivity contribution in [3.05, 3.63) is 40.3 Å². The number of sulfonamides is 1. The first-order valence-corrected chi connectivity index (χ1v) is 8.63. The van der Waals surface area contributed by atoms with E-state index in [1.54, 1.807) is 24.3 Å². The largest absolute Gasteiger partial charge is 0.384 e. The van der Waals surface area contributed by atoms with Gasteiger partial charge >= 0.3 is 0 Å². The molecule has 5 nitrogen and oxygen atoms in total. The summed E-state index contributed by atoms with van der Waals surface area (Å²) in [4.78, 5) is 4.50. The Morgan fingerprint density at radius 1 is 1.30 bits per heavy atom. The van der Waals surface area contributed by atoms with E-state index in [1.807, 2.05) is 19.2 Å². The van der Waals surface area contributed by atoms with Gasteiger partial charge in [0.1, 0.15) is 4.90 Å². The summed E-state index contributed by atoms with van der Waals surface area (Å²) in [5.74, 6) is 0. The second-order valence-corrected chi connectivity index (χ2v) is 7.01. The van der Waals surface area contributed by atoms with Crippen LogP contribution in [0.4, 0.5) is 5.69 Å². The molecule has 0 atom stereocenters.